The third-order valence-corrected chi connectivity index (χ3v) is 3.86. The molecule has 0 aromatic heterocycles. The van der Waals surface area contributed by atoms with Crippen LogP contribution in [0.2, 0.25) is 5.02 Å². The lowest BCUT2D eigenvalue weighted by Crippen LogP contribution is -2.20. The highest BCUT2D eigenvalue weighted by Crippen LogP contribution is 2.23. The van der Waals surface area contributed by atoms with Gasteiger partial charge in [-0.3, -0.25) is 0 Å². The molecule has 4 nitrogen and oxygen atoms in total. The van der Waals surface area contributed by atoms with Gasteiger partial charge in [-0.15, -0.1) is 0 Å². The minimum absolute atomic E-state index is 0.204. The van der Waals surface area contributed by atoms with E-state index in [1.165, 1.54) is 0 Å². The number of anilines is 2. The van der Waals surface area contributed by atoms with Crippen LogP contribution in [0.3, 0.4) is 0 Å². The molecule has 0 unspecified atom stereocenters. The van der Waals surface area contributed by atoms with Gasteiger partial charge >= 0.3 is 5.97 Å². The molecule has 0 saturated carbocycles. The van der Waals surface area contributed by atoms with Crippen molar-refractivity contribution >= 4 is 46.3 Å². The molecule has 0 aliphatic carbocycles. The van der Waals surface area contributed by atoms with E-state index in [-0.39, 0.29) is 5.56 Å². The number of hydrogen-bond acceptors (Lipinski definition) is 2. The fourth-order valence-electron chi connectivity index (χ4n) is 1.91. The fourth-order valence-corrected chi connectivity index (χ4v) is 2.30. The molecule has 2 aromatic carbocycles. The summed E-state index contributed by atoms with van der Waals surface area (Å²) in [5, 5.41) is 16.1. The van der Waals surface area contributed by atoms with Gasteiger partial charge in [-0.25, -0.2) is 4.79 Å². The molecule has 3 N–H and O–H groups in total. The third-order valence-electron chi connectivity index (χ3n) is 3.25. The molecule has 0 saturated heterocycles. The van der Waals surface area contributed by atoms with E-state index in [0.29, 0.717) is 15.8 Å². The van der Waals surface area contributed by atoms with E-state index >= 15 is 0 Å². The molecular formula is C16H15ClN2O2S. The number of halogens is 1. The Balaban J connectivity index is 2.17. The molecule has 2 rings (SSSR count). The van der Waals surface area contributed by atoms with E-state index in [0.717, 1.165) is 16.8 Å². The average molecular weight is 335 g/mol. The quantitative estimate of drug-likeness (QED) is 0.723. The standard InChI is InChI=1S/C16H15ClN2O2S/c1-9-6-7-11(15(20)21)8-14(9)19-16(22)18-13-5-3-4-12(17)10(13)2/h3-8H,1-2H3,(H,20,21)(H2,18,19,22). The highest BCUT2D eigenvalue weighted by Gasteiger charge is 2.09. The van der Waals surface area contributed by atoms with Crippen molar-refractivity contribution in [2.24, 2.45) is 0 Å². The molecule has 0 bridgehead atoms. The predicted molar refractivity (Wildman–Crippen MR) is 94.2 cm³/mol. The molecule has 0 fully saturated rings. The molecular weight excluding hydrogens is 320 g/mol. The number of carbonyl (C=O) groups is 1. The Bertz CT molecular complexity index is 747. The van der Waals surface area contributed by atoms with E-state index in [4.69, 9.17) is 28.9 Å². The minimum Gasteiger partial charge on any atom is -0.478 e. The Morgan fingerprint density at radius 3 is 2.50 bits per heavy atom. The van der Waals surface area contributed by atoms with Crippen LogP contribution in [-0.2, 0) is 0 Å². The van der Waals surface area contributed by atoms with Crippen molar-refractivity contribution in [1.29, 1.82) is 0 Å². The molecule has 6 heteroatoms. The van der Waals surface area contributed by atoms with E-state index in [1.807, 2.05) is 26.0 Å². The maximum atomic E-state index is 11.0. The van der Waals surface area contributed by atoms with Gasteiger partial charge in [-0.2, -0.15) is 0 Å². The van der Waals surface area contributed by atoms with Gasteiger partial charge in [0.15, 0.2) is 5.11 Å². The lowest BCUT2D eigenvalue weighted by molar-refractivity contribution is 0.0697. The molecule has 0 spiro atoms. The molecule has 0 radical (unpaired) electrons. The first-order chi connectivity index (χ1) is 10.4. The molecule has 114 valence electrons. The van der Waals surface area contributed by atoms with Crippen LogP contribution >= 0.6 is 23.8 Å². The zero-order chi connectivity index (χ0) is 16.3. The Morgan fingerprint density at radius 1 is 1.14 bits per heavy atom. The first kappa shape index (κ1) is 16.3. The normalized spacial score (nSPS) is 10.1. The molecule has 22 heavy (non-hydrogen) atoms. The zero-order valence-electron chi connectivity index (χ0n) is 12.1. The topological polar surface area (TPSA) is 61.4 Å². The number of carboxylic acids is 1. The second-order valence-corrected chi connectivity index (χ2v) is 5.64. The van der Waals surface area contributed by atoms with Gasteiger partial charge in [-0.05, 0) is 61.5 Å². The van der Waals surface area contributed by atoms with Crippen LogP contribution in [0.15, 0.2) is 36.4 Å². The smallest absolute Gasteiger partial charge is 0.335 e. The molecule has 2 aromatic rings. The number of aromatic carboxylic acids is 1. The van der Waals surface area contributed by atoms with Crippen LogP contribution in [-0.4, -0.2) is 16.2 Å². The van der Waals surface area contributed by atoms with Gasteiger partial charge in [-0.1, -0.05) is 23.7 Å². The van der Waals surface area contributed by atoms with Gasteiger partial charge < -0.3 is 15.7 Å². The number of rotatable bonds is 3. The summed E-state index contributed by atoms with van der Waals surface area (Å²) in [6, 6.07) is 10.3. The number of carboxylic acid groups (broad SMARTS) is 1. The van der Waals surface area contributed by atoms with Crippen molar-refractivity contribution in [2.75, 3.05) is 10.6 Å². The first-order valence-corrected chi connectivity index (χ1v) is 7.34. The molecule has 0 aliphatic rings. The molecule has 0 amide bonds. The second kappa shape index (κ2) is 6.77. The van der Waals surface area contributed by atoms with Crippen LogP contribution in [0.5, 0.6) is 0 Å². The highest BCUT2D eigenvalue weighted by atomic mass is 35.5. The van der Waals surface area contributed by atoms with Crippen molar-refractivity contribution in [3.63, 3.8) is 0 Å². The van der Waals surface area contributed by atoms with E-state index in [1.54, 1.807) is 24.3 Å². The number of benzene rings is 2. The van der Waals surface area contributed by atoms with Crippen LogP contribution in [0, 0.1) is 13.8 Å². The van der Waals surface area contributed by atoms with Crippen molar-refractivity contribution in [3.05, 3.63) is 58.1 Å². The van der Waals surface area contributed by atoms with Gasteiger partial charge in [0.1, 0.15) is 0 Å². The molecule has 0 atom stereocenters. The van der Waals surface area contributed by atoms with Crippen molar-refractivity contribution in [3.8, 4) is 0 Å². The molecule has 0 aliphatic heterocycles. The first-order valence-electron chi connectivity index (χ1n) is 6.55. The van der Waals surface area contributed by atoms with Gasteiger partial charge in [0, 0.05) is 16.4 Å². The van der Waals surface area contributed by atoms with Crippen molar-refractivity contribution in [2.45, 2.75) is 13.8 Å². The summed E-state index contributed by atoms with van der Waals surface area (Å²) in [6.45, 7) is 3.77. The minimum atomic E-state index is -0.979. The van der Waals surface area contributed by atoms with Crippen LogP contribution in [0.4, 0.5) is 11.4 Å². The molecule has 0 heterocycles. The van der Waals surface area contributed by atoms with Gasteiger partial charge in [0.05, 0.1) is 5.56 Å². The lowest BCUT2D eigenvalue weighted by atomic mass is 10.1. The summed E-state index contributed by atoms with van der Waals surface area (Å²) in [5.74, 6) is -0.979. The maximum absolute atomic E-state index is 11.0. The summed E-state index contributed by atoms with van der Waals surface area (Å²) >= 11 is 11.3. The summed E-state index contributed by atoms with van der Waals surface area (Å²) in [6.07, 6.45) is 0. The van der Waals surface area contributed by atoms with Crippen LogP contribution in [0.1, 0.15) is 21.5 Å². The Morgan fingerprint density at radius 2 is 1.82 bits per heavy atom. The number of nitrogens with one attached hydrogen (secondary N) is 2. The summed E-state index contributed by atoms with van der Waals surface area (Å²) < 4.78 is 0. The highest BCUT2D eigenvalue weighted by molar-refractivity contribution is 7.80. The SMILES string of the molecule is Cc1ccc(C(=O)O)cc1NC(=S)Nc1cccc(Cl)c1C. The van der Waals surface area contributed by atoms with Crippen molar-refractivity contribution < 1.29 is 9.90 Å². The number of hydrogen-bond donors (Lipinski definition) is 3. The van der Waals surface area contributed by atoms with Gasteiger partial charge in [0.25, 0.3) is 0 Å². The maximum Gasteiger partial charge on any atom is 0.335 e. The summed E-state index contributed by atoms with van der Waals surface area (Å²) in [4.78, 5) is 11.0. The second-order valence-electron chi connectivity index (χ2n) is 4.83. The summed E-state index contributed by atoms with van der Waals surface area (Å²) in [5.41, 5.74) is 3.45. The van der Waals surface area contributed by atoms with E-state index in [2.05, 4.69) is 10.6 Å². The lowest BCUT2D eigenvalue weighted by Gasteiger charge is -2.15. The Hall–Kier alpha value is -2.11. The van der Waals surface area contributed by atoms with Crippen LogP contribution in [0.25, 0.3) is 0 Å². The van der Waals surface area contributed by atoms with E-state index in [9.17, 15) is 4.79 Å². The predicted octanol–water partition coefficient (Wildman–Crippen LogP) is 4.46. The van der Waals surface area contributed by atoms with Crippen molar-refractivity contribution in [1.82, 2.24) is 0 Å². The van der Waals surface area contributed by atoms with Crippen LogP contribution < -0.4 is 10.6 Å². The average Bonchev–Trinajstić information content (AvgIpc) is 2.46. The third kappa shape index (κ3) is 3.75. The van der Waals surface area contributed by atoms with E-state index < -0.39 is 5.97 Å². The Kier molecular flexibility index (Phi) is 5.00. The number of thiocarbonyl (C=S) groups is 1. The largest absolute Gasteiger partial charge is 0.478 e. The Labute approximate surface area is 139 Å². The summed E-state index contributed by atoms with van der Waals surface area (Å²) in [7, 11) is 0. The fraction of sp³-hybridized carbons (Fsp3) is 0.125. The van der Waals surface area contributed by atoms with Gasteiger partial charge in [0.2, 0.25) is 0 Å². The monoisotopic (exact) mass is 334 g/mol. The number of aryl methyl sites for hydroxylation is 1. The zero-order valence-corrected chi connectivity index (χ0v) is 13.7.